The van der Waals surface area contributed by atoms with Crippen LogP contribution in [0, 0.1) is 0 Å². The van der Waals surface area contributed by atoms with Crippen LogP contribution in [0.2, 0.25) is 0 Å². The summed E-state index contributed by atoms with van der Waals surface area (Å²) in [5.41, 5.74) is 0.946. The molecule has 0 aliphatic carbocycles. The largest absolute Gasteiger partial charge is 0.490 e. The van der Waals surface area contributed by atoms with Crippen molar-refractivity contribution in [2.24, 2.45) is 4.99 Å². The number of amidine groups is 1. The fraction of sp³-hybridized carbons (Fsp3) is 0.368. The van der Waals surface area contributed by atoms with Crippen LogP contribution in [0.25, 0.3) is 6.08 Å². The van der Waals surface area contributed by atoms with E-state index in [1.165, 1.54) is 11.8 Å². The molecule has 5 nitrogen and oxygen atoms in total. The van der Waals surface area contributed by atoms with Crippen molar-refractivity contribution in [3.05, 3.63) is 47.4 Å². The molecule has 1 aromatic rings. The second-order valence-electron chi connectivity index (χ2n) is 6.14. The van der Waals surface area contributed by atoms with Gasteiger partial charge < -0.3 is 14.4 Å². The summed E-state index contributed by atoms with van der Waals surface area (Å²) in [5, 5.41) is 0.768. The third-order valence-electron chi connectivity index (χ3n) is 3.85. The topological polar surface area (TPSA) is 51.1 Å². The third-order valence-corrected chi connectivity index (χ3v) is 4.89. The zero-order valence-electron chi connectivity index (χ0n) is 14.5. The lowest BCUT2D eigenvalue weighted by Gasteiger charge is -2.35. The summed E-state index contributed by atoms with van der Waals surface area (Å²) in [6, 6.07) is 7.62. The molecule has 25 heavy (non-hydrogen) atoms. The molecule has 2 atom stereocenters. The van der Waals surface area contributed by atoms with Crippen LogP contribution < -0.4 is 4.74 Å². The Labute approximate surface area is 152 Å². The van der Waals surface area contributed by atoms with E-state index in [0.29, 0.717) is 11.5 Å². The van der Waals surface area contributed by atoms with Gasteiger partial charge in [-0.3, -0.25) is 4.79 Å². The number of morpholine rings is 1. The first kappa shape index (κ1) is 17.8. The van der Waals surface area contributed by atoms with E-state index >= 15 is 0 Å². The molecule has 0 radical (unpaired) electrons. The summed E-state index contributed by atoms with van der Waals surface area (Å²) < 4.78 is 11.2. The second kappa shape index (κ2) is 7.89. The average molecular weight is 358 g/mol. The van der Waals surface area contributed by atoms with Crippen LogP contribution in [-0.2, 0) is 9.53 Å². The molecular weight excluding hydrogens is 336 g/mol. The Morgan fingerprint density at radius 2 is 2.00 bits per heavy atom. The quantitative estimate of drug-likeness (QED) is 0.610. The molecular formula is C19H22N2O3S. The average Bonchev–Trinajstić information content (AvgIpc) is 2.94. The summed E-state index contributed by atoms with van der Waals surface area (Å²) in [6.07, 6.45) is 3.85. The van der Waals surface area contributed by atoms with Gasteiger partial charge in [-0.1, -0.05) is 24.8 Å². The van der Waals surface area contributed by atoms with E-state index in [2.05, 4.69) is 16.5 Å². The molecule has 1 amide bonds. The zero-order valence-corrected chi connectivity index (χ0v) is 15.3. The minimum absolute atomic E-state index is 0.137. The number of thioether (sulfide) groups is 1. The lowest BCUT2D eigenvalue weighted by molar-refractivity contribution is -0.113. The van der Waals surface area contributed by atoms with Gasteiger partial charge in [0.1, 0.15) is 12.4 Å². The number of nitrogens with zero attached hydrogens (tertiary/aromatic N) is 2. The Balaban J connectivity index is 1.67. The molecule has 1 fully saturated rings. The maximum atomic E-state index is 12.2. The molecule has 132 valence electrons. The van der Waals surface area contributed by atoms with E-state index in [4.69, 9.17) is 9.47 Å². The van der Waals surface area contributed by atoms with Gasteiger partial charge in [0.2, 0.25) is 0 Å². The number of carbonyl (C=O) groups excluding carboxylic acids is 1. The lowest BCUT2D eigenvalue weighted by atomic mass is 10.2. The smallest absolute Gasteiger partial charge is 0.286 e. The molecule has 2 aliphatic rings. The standard InChI is InChI=1S/C19H22N2O3S/c1-4-9-23-16-7-5-15(6-8-16)10-17-18(22)20-19(25-17)21-11-13(2)24-14(3)12-21/h4-8,10,13-14H,1,9,11-12H2,2-3H3/b17-10+/t13-,14-/m0/s1. The molecule has 0 aromatic heterocycles. The van der Waals surface area contributed by atoms with Gasteiger partial charge in [0, 0.05) is 13.1 Å². The van der Waals surface area contributed by atoms with Crippen molar-refractivity contribution in [2.45, 2.75) is 26.1 Å². The molecule has 6 heteroatoms. The third kappa shape index (κ3) is 4.52. The van der Waals surface area contributed by atoms with Gasteiger partial charge in [0.05, 0.1) is 17.1 Å². The summed E-state index contributed by atoms with van der Waals surface area (Å²) in [7, 11) is 0. The van der Waals surface area contributed by atoms with E-state index in [-0.39, 0.29) is 18.1 Å². The summed E-state index contributed by atoms with van der Waals surface area (Å²) >= 11 is 1.43. The fourth-order valence-corrected chi connectivity index (χ4v) is 3.77. The summed E-state index contributed by atoms with van der Waals surface area (Å²) in [5.74, 6) is 0.597. The predicted octanol–water partition coefficient (Wildman–Crippen LogP) is 3.33. The van der Waals surface area contributed by atoms with Crippen molar-refractivity contribution in [3.8, 4) is 5.75 Å². The molecule has 2 heterocycles. The van der Waals surface area contributed by atoms with Gasteiger partial charge >= 0.3 is 0 Å². The Bertz CT molecular complexity index is 702. The molecule has 2 aliphatic heterocycles. The highest BCUT2D eigenvalue weighted by Crippen LogP contribution is 2.31. The SMILES string of the molecule is C=CCOc1ccc(/C=C2/SC(N3C[C@H](C)O[C@@H](C)C3)=NC2=O)cc1. The van der Waals surface area contributed by atoms with Crippen LogP contribution in [0.15, 0.2) is 46.8 Å². The number of hydrogen-bond donors (Lipinski definition) is 0. The number of benzene rings is 1. The van der Waals surface area contributed by atoms with Crippen molar-refractivity contribution < 1.29 is 14.3 Å². The number of rotatable bonds is 4. The monoisotopic (exact) mass is 358 g/mol. The van der Waals surface area contributed by atoms with Crippen LogP contribution in [0.1, 0.15) is 19.4 Å². The van der Waals surface area contributed by atoms with E-state index in [9.17, 15) is 4.79 Å². The molecule has 0 bridgehead atoms. The Morgan fingerprint density at radius 1 is 1.32 bits per heavy atom. The van der Waals surface area contributed by atoms with Crippen molar-refractivity contribution in [1.29, 1.82) is 0 Å². The van der Waals surface area contributed by atoms with E-state index < -0.39 is 0 Å². The van der Waals surface area contributed by atoms with Crippen LogP contribution in [0.4, 0.5) is 0 Å². The van der Waals surface area contributed by atoms with E-state index in [0.717, 1.165) is 29.6 Å². The van der Waals surface area contributed by atoms with Gasteiger partial charge in [-0.15, -0.1) is 0 Å². The number of carbonyl (C=O) groups is 1. The van der Waals surface area contributed by atoms with E-state index in [1.54, 1.807) is 6.08 Å². The summed E-state index contributed by atoms with van der Waals surface area (Å²) in [6.45, 7) is 9.69. The lowest BCUT2D eigenvalue weighted by Crippen LogP contribution is -2.47. The maximum Gasteiger partial charge on any atom is 0.286 e. The van der Waals surface area contributed by atoms with Crippen LogP contribution in [0.5, 0.6) is 5.75 Å². The van der Waals surface area contributed by atoms with Gasteiger partial charge in [0.15, 0.2) is 5.17 Å². The molecule has 0 N–H and O–H groups in total. The highest BCUT2D eigenvalue weighted by molar-refractivity contribution is 8.18. The summed E-state index contributed by atoms with van der Waals surface area (Å²) in [4.78, 5) is 19.2. The Hall–Kier alpha value is -2.05. The maximum absolute atomic E-state index is 12.2. The normalized spacial score (nSPS) is 25.2. The first-order valence-electron chi connectivity index (χ1n) is 8.32. The first-order chi connectivity index (χ1) is 12.0. The van der Waals surface area contributed by atoms with Crippen LogP contribution >= 0.6 is 11.8 Å². The van der Waals surface area contributed by atoms with Crippen molar-refractivity contribution in [2.75, 3.05) is 19.7 Å². The van der Waals surface area contributed by atoms with Crippen LogP contribution in [-0.4, -0.2) is 47.9 Å². The highest BCUT2D eigenvalue weighted by atomic mass is 32.2. The van der Waals surface area contributed by atoms with Gasteiger partial charge in [-0.25, -0.2) is 0 Å². The van der Waals surface area contributed by atoms with E-state index in [1.807, 2.05) is 44.2 Å². The van der Waals surface area contributed by atoms with Gasteiger partial charge in [-0.2, -0.15) is 4.99 Å². The zero-order chi connectivity index (χ0) is 17.8. The molecule has 1 saturated heterocycles. The number of ether oxygens (including phenoxy) is 2. The number of amides is 1. The minimum atomic E-state index is -0.182. The molecule has 0 unspecified atom stereocenters. The molecule has 3 rings (SSSR count). The first-order valence-corrected chi connectivity index (χ1v) is 9.13. The second-order valence-corrected chi connectivity index (χ2v) is 7.15. The predicted molar refractivity (Wildman–Crippen MR) is 102 cm³/mol. The van der Waals surface area contributed by atoms with Crippen molar-refractivity contribution in [3.63, 3.8) is 0 Å². The van der Waals surface area contributed by atoms with Crippen molar-refractivity contribution >= 4 is 28.9 Å². The minimum Gasteiger partial charge on any atom is -0.490 e. The van der Waals surface area contributed by atoms with Crippen molar-refractivity contribution in [1.82, 2.24) is 4.90 Å². The number of hydrogen-bond acceptors (Lipinski definition) is 5. The molecule has 1 aromatic carbocycles. The Kier molecular flexibility index (Phi) is 5.60. The fourth-order valence-electron chi connectivity index (χ4n) is 2.83. The molecule has 0 saturated carbocycles. The van der Waals surface area contributed by atoms with Crippen LogP contribution in [0.3, 0.4) is 0 Å². The number of aliphatic imine (C=N–C) groups is 1. The van der Waals surface area contributed by atoms with Gasteiger partial charge in [-0.05, 0) is 49.4 Å². The van der Waals surface area contributed by atoms with Gasteiger partial charge in [0.25, 0.3) is 5.91 Å². The highest BCUT2D eigenvalue weighted by Gasteiger charge is 2.30. The molecule has 0 spiro atoms. The Morgan fingerprint density at radius 3 is 2.64 bits per heavy atom.